The summed E-state index contributed by atoms with van der Waals surface area (Å²) in [5.41, 5.74) is 2.89. The molecule has 0 heterocycles. The molecule has 0 saturated carbocycles. The number of rotatable bonds is 13. The monoisotopic (exact) mass is 613 g/mol. The third-order valence-corrected chi connectivity index (χ3v) is 8.09. The van der Waals surface area contributed by atoms with Gasteiger partial charge >= 0.3 is 0 Å². The minimum Gasteiger partial charge on any atom is -0.354 e. The van der Waals surface area contributed by atoms with Crippen molar-refractivity contribution in [3.8, 4) is 0 Å². The summed E-state index contributed by atoms with van der Waals surface area (Å²) in [5, 5.41) is 2.99. The van der Waals surface area contributed by atoms with E-state index in [1.54, 1.807) is 25.1 Å². The summed E-state index contributed by atoms with van der Waals surface area (Å²) in [4.78, 5) is 29.1. The molecule has 0 aromatic heterocycles. The zero-order valence-corrected chi connectivity index (χ0v) is 25.0. The minimum atomic E-state index is -3.79. The van der Waals surface area contributed by atoms with Crippen LogP contribution in [0.4, 0.5) is 5.69 Å². The van der Waals surface area contributed by atoms with E-state index in [9.17, 15) is 18.0 Å². The lowest BCUT2D eigenvalue weighted by Crippen LogP contribution is -2.53. The number of sulfonamides is 1. The lowest BCUT2D eigenvalue weighted by Gasteiger charge is -2.33. The molecule has 0 bridgehead atoms. The van der Waals surface area contributed by atoms with Gasteiger partial charge < -0.3 is 10.2 Å². The number of benzene rings is 3. The Morgan fingerprint density at radius 2 is 1.56 bits per heavy atom. The second-order valence-corrected chi connectivity index (χ2v) is 12.4. The van der Waals surface area contributed by atoms with Crippen LogP contribution in [0.2, 0.25) is 0 Å². The van der Waals surface area contributed by atoms with Crippen LogP contribution in [0.25, 0.3) is 0 Å². The first-order valence-corrected chi connectivity index (χ1v) is 15.6. The second kappa shape index (κ2) is 14.3. The van der Waals surface area contributed by atoms with E-state index in [2.05, 4.69) is 21.2 Å². The highest BCUT2D eigenvalue weighted by molar-refractivity contribution is 9.10. The van der Waals surface area contributed by atoms with Gasteiger partial charge in [-0.05, 0) is 48.2 Å². The second-order valence-electron chi connectivity index (χ2n) is 9.55. The number of nitrogens with zero attached hydrogens (tertiary/aromatic N) is 2. The number of nitrogens with one attached hydrogen (secondary N) is 1. The van der Waals surface area contributed by atoms with Crippen LogP contribution in [-0.4, -0.2) is 50.5 Å². The first-order valence-electron chi connectivity index (χ1n) is 13.0. The summed E-state index contributed by atoms with van der Waals surface area (Å²) in [6, 6.07) is 23.3. The van der Waals surface area contributed by atoms with E-state index in [0.717, 1.165) is 44.6 Å². The van der Waals surface area contributed by atoms with E-state index in [4.69, 9.17) is 0 Å². The smallest absolute Gasteiger partial charge is 0.244 e. The molecule has 0 spiro atoms. The molecule has 0 aliphatic heterocycles. The van der Waals surface area contributed by atoms with Crippen LogP contribution in [-0.2, 0) is 32.6 Å². The largest absolute Gasteiger partial charge is 0.354 e. The van der Waals surface area contributed by atoms with Gasteiger partial charge in [0.15, 0.2) is 0 Å². The molecule has 0 aliphatic carbocycles. The van der Waals surface area contributed by atoms with Crippen molar-refractivity contribution in [1.29, 1.82) is 0 Å². The lowest BCUT2D eigenvalue weighted by atomic mass is 10.0. The van der Waals surface area contributed by atoms with Crippen LogP contribution in [0, 0.1) is 6.92 Å². The highest BCUT2D eigenvalue weighted by Gasteiger charge is 2.33. The molecule has 3 aromatic carbocycles. The maximum atomic E-state index is 14.1. The van der Waals surface area contributed by atoms with Gasteiger partial charge in [-0.25, -0.2) is 8.42 Å². The third-order valence-electron chi connectivity index (χ3n) is 6.43. The van der Waals surface area contributed by atoms with Crippen molar-refractivity contribution in [3.63, 3.8) is 0 Å². The fourth-order valence-electron chi connectivity index (χ4n) is 4.28. The number of hydrogen-bond donors (Lipinski definition) is 1. The molecule has 0 radical (unpaired) electrons. The van der Waals surface area contributed by atoms with E-state index in [1.807, 2.05) is 67.6 Å². The van der Waals surface area contributed by atoms with Crippen molar-refractivity contribution in [1.82, 2.24) is 10.2 Å². The van der Waals surface area contributed by atoms with Gasteiger partial charge in [-0.15, -0.1) is 0 Å². The number of halogens is 1. The molecule has 1 atom stereocenters. The van der Waals surface area contributed by atoms with Crippen LogP contribution in [0.3, 0.4) is 0 Å². The fourth-order valence-corrected chi connectivity index (χ4v) is 5.46. The average Bonchev–Trinajstić information content (AvgIpc) is 2.91. The number of hydrogen-bond acceptors (Lipinski definition) is 4. The number of carbonyl (C=O) groups excluding carboxylic acids is 2. The Labute approximate surface area is 240 Å². The van der Waals surface area contributed by atoms with Crippen molar-refractivity contribution in [2.75, 3.05) is 23.7 Å². The first kappa shape index (κ1) is 30.4. The standard InChI is InChI=1S/C30H36BrN3O4S/c1-4-5-19-32-30(36)28(20-24-12-7-6-8-13-24)33(21-25-15-17-26(31)18-16-25)29(35)22-34(39(3,37)38)27-14-10-9-11-23(27)2/h6-18,28H,4-5,19-22H2,1-3H3,(H,32,36). The third kappa shape index (κ3) is 8.93. The summed E-state index contributed by atoms with van der Waals surface area (Å²) >= 11 is 3.44. The Morgan fingerprint density at radius 1 is 0.923 bits per heavy atom. The molecule has 3 rings (SSSR count). The molecule has 0 saturated heterocycles. The lowest BCUT2D eigenvalue weighted by molar-refractivity contribution is -0.140. The van der Waals surface area contributed by atoms with E-state index >= 15 is 0 Å². The summed E-state index contributed by atoms with van der Waals surface area (Å²) in [6.07, 6.45) is 3.12. The average molecular weight is 615 g/mol. The van der Waals surface area contributed by atoms with Crippen molar-refractivity contribution in [2.24, 2.45) is 0 Å². The van der Waals surface area contributed by atoms with Crippen molar-refractivity contribution >= 4 is 43.5 Å². The molecule has 1 unspecified atom stereocenters. The molecular formula is C30H36BrN3O4S. The van der Waals surface area contributed by atoms with Crippen LogP contribution in [0.5, 0.6) is 0 Å². The summed E-state index contributed by atoms with van der Waals surface area (Å²) in [7, 11) is -3.79. The van der Waals surface area contributed by atoms with Gasteiger partial charge in [0.25, 0.3) is 0 Å². The Morgan fingerprint density at radius 3 is 2.18 bits per heavy atom. The molecule has 0 fully saturated rings. The van der Waals surface area contributed by atoms with Crippen LogP contribution < -0.4 is 9.62 Å². The number of amides is 2. The normalized spacial score (nSPS) is 12.0. The molecule has 0 aliphatic rings. The van der Waals surface area contributed by atoms with Crippen LogP contribution in [0.1, 0.15) is 36.5 Å². The van der Waals surface area contributed by atoms with E-state index in [1.165, 1.54) is 4.90 Å². The predicted molar refractivity (Wildman–Crippen MR) is 160 cm³/mol. The van der Waals surface area contributed by atoms with Crippen LogP contribution in [0.15, 0.2) is 83.3 Å². The maximum absolute atomic E-state index is 14.1. The molecule has 2 amide bonds. The minimum absolute atomic E-state index is 0.149. The van der Waals surface area contributed by atoms with Gasteiger partial charge in [-0.3, -0.25) is 13.9 Å². The van der Waals surface area contributed by atoms with Gasteiger partial charge in [0.2, 0.25) is 21.8 Å². The number of carbonyl (C=O) groups is 2. The molecule has 7 nitrogen and oxygen atoms in total. The molecule has 3 aromatic rings. The van der Waals surface area contributed by atoms with Crippen molar-refractivity contribution in [2.45, 2.75) is 45.7 Å². The maximum Gasteiger partial charge on any atom is 0.244 e. The number of unbranched alkanes of at least 4 members (excludes halogenated alkanes) is 1. The van der Waals surface area contributed by atoms with Gasteiger partial charge in [-0.2, -0.15) is 0 Å². The topological polar surface area (TPSA) is 86.8 Å². The summed E-state index contributed by atoms with van der Waals surface area (Å²) in [5.74, 6) is -0.724. The zero-order chi connectivity index (χ0) is 28.4. The fraction of sp³-hybridized carbons (Fsp3) is 0.333. The Hall–Kier alpha value is -3.17. The Balaban J connectivity index is 2.03. The van der Waals surface area contributed by atoms with Crippen LogP contribution >= 0.6 is 15.9 Å². The Bertz CT molecular complexity index is 1350. The van der Waals surface area contributed by atoms with Gasteiger partial charge in [0.1, 0.15) is 12.6 Å². The van der Waals surface area contributed by atoms with E-state index < -0.39 is 28.5 Å². The van der Waals surface area contributed by atoms with Gasteiger partial charge in [0.05, 0.1) is 11.9 Å². The molecule has 39 heavy (non-hydrogen) atoms. The molecule has 208 valence electrons. The molecular weight excluding hydrogens is 578 g/mol. The SMILES string of the molecule is CCCCNC(=O)C(Cc1ccccc1)N(Cc1ccc(Br)cc1)C(=O)CN(c1ccccc1C)S(C)(=O)=O. The highest BCUT2D eigenvalue weighted by atomic mass is 79.9. The summed E-state index contributed by atoms with van der Waals surface area (Å²) in [6.45, 7) is 4.07. The Kier molecular flexibility index (Phi) is 11.1. The quantitative estimate of drug-likeness (QED) is 0.272. The van der Waals surface area contributed by atoms with Crippen molar-refractivity contribution in [3.05, 3.63) is 100 Å². The molecule has 9 heteroatoms. The van der Waals surface area contributed by atoms with E-state index in [0.29, 0.717) is 18.7 Å². The van der Waals surface area contributed by atoms with Gasteiger partial charge in [0, 0.05) is 24.0 Å². The zero-order valence-electron chi connectivity index (χ0n) is 22.6. The number of aryl methyl sites for hydroxylation is 1. The van der Waals surface area contributed by atoms with Gasteiger partial charge in [-0.1, -0.05) is 89.9 Å². The summed E-state index contributed by atoms with van der Waals surface area (Å²) < 4.78 is 27.8. The molecule has 1 N–H and O–H groups in total. The number of anilines is 1. The van der Waals surface area contributed by atoms with E-state index in [-0.39, 0.29) is 12.5 Å². The first-order chi connectivity index (χ1) is 18.6. The number of para-hydroxylation sites is 1. The predicted octanol–water partition coefficient (Wildman–Crippen LogP) is 5.08. The highest BCUT2D eigenvalue weighted by Crippen LogP contribution is 2.23. The van der Waals surface area contributed by atoms with Crippen molar-refractivity contribution < 1.29 is 18.0 Å².